The first kappa shape index (κ1) is 19.9. The fourth-order valence-corrected chi connectivity index (χ4v) is 3.55. The topological polar surface area (TPSA) is 49.9 Å². The number of likely N-dealkylation sites (tertiary alicyclic amines) is 1. The molecule has 0 bridgehead atoms. The van der Waals surface area contributed by atoms with Crippen molar-refractivity contribution in [3.63, 3.8) is 0 Å². The van der Waals surface area contributed by atoms with Gasteiger partial charge in [-0.05, 0) is 48.9 Å². The molecular weight excluding hydrogens is 352 g/mol. The van der Waals surface area contributed by atoms with Gasteiger partial charge in [0, 0.05) is 32.9 Å². The highest BCUT2D eigenvalue weighted by Crippen LogP contribution is 2.22. The van der Waals surface area contributed by atoms with Gasteiger partial charge in [0.15, 0.2) is 6.61 Å². The highest BCUT2D eigenvalue weighted by Gasteiger charge is 2.24. The summed E-state index contributed by atoms with van der Waals surface area (Å²) in [4.78, 5) is 28.4. The molecule has 0 aliphatic carbocycles. The molecule has 1 aliphatic heterocycles. The summed E-state index contributed by atoms with van der Waals surface area (Å²) in [6, 6.07) is 17.7. The lowest BCUT2D eigenvalue weighted by Gasteiger charge is -2.32. The fraction of sp³-hybridized carbons (Fsp3) is 0.391. The SMILES string of the molecule is CN(C)c1cccc(C(=O)OCC(=O)N2CCC(Cc3ccccc3)CC2)c1. The third kappa shape index (κ3) is 5.35. The number of hydrogen-bond acceptors (Lipinski definition) is 4. The van der Waals surface area contributed by atoms with Gasteiger partial charge in [0.1, 0.15) is 0 Å². The van der Waals surface area contributed by atoms with Crippen LogP contribution < -0.4 is 4.90 Å². The van der Waals surface area contributed by atoms with E-state index in [0.717, 1.165) is 38.0 Å². The fourth-order valence-electron chi connectivity index (χ4n) is 3.55. The quantitative estimate of drug-likeness (QED) is 0.721. The molecule has 0 spiro atoms. The zero-order chi connectivity index (χ0) is 19.9. The zero-order valence-electron chi connectivity index (χ0n) is 16.6. The van der Waals surface area contributed by atoms with Crippen molar-refractivity contribution in [1.82, 2.24) is 4.90 Å². The van der Waals surface area contributed by atoms with Crippen LogP contribution in [0.3, 0.4) is 0 Å². The second kappa shape index (κ2) is 9.40. The maximum Gasteiger partial charge on any atom is 0.338 e. The Labute approximate surface area is 166 Å². The Kier molecular flexibility index (Phi) is 6.69. The monoisotopic (exact) mass is 380 g/mol. The molecule has 5 heteroatoms. The molecule has 3 rings (SSSR count). The Morgan fingerprint density at radius 2 is 1.75 bits per heavy atom. The number of esters is 1. The number of piperidine rings is 1. The largest absolute Gasteiger partial charge is 0.452 e. The maximum absolute atomic E-state index is 12.4. The van der Waals surface area contributed by atoms with Crippen LogP contribution in [0.2, 0.25) is 0 Å². The second-order valence-corrected chi connectivity index (χ2v) is 7.53. The van der Waals surface area contributed by atoms with Crippen molar-refractivity contribution in [1.29, 1.82) is 0 Å². The molecule has 0 saturated carbocycles. The van der Waals surface area contributed by atoms with Crippen molar-refractivity contribution in [2.45, 2.75) is 19.3 Å². The van der Waals surface area contributed by atoms with Crippen molar-refractivity contribution in [3.05, 3.63) is 65.7 Å². The van der Waals surface area contributed by atoms with Crippen molar-refractivity contribution in [3.8, 4) is 0 Å². The van der Waals surface area contributed by atoms with Gasteiger partial charge in [0.2, 0.25) is 0 Å². The summed E-state index contributed by atoms with van der Waals surface area (Å²) in [5.74, 6) is 0.0223. The first-order chi connectivity index (χ1) is 13.5. The summed E-state index contributed by atoms with van der Waals surface area (Å²) in [6.45, 7) is 1.25. The number of rotatable bonds is 6. The Morgan fingerprint density at radius 1 is 1.04 bits per heavy atom. The first-order valence-corrected chi connectivity index (χ1v) is 9.79. The van der Waals surface area contributed by atoms with Gasteiger partial charge in [0.05, 0.1) is 5.56 Å². The molecule has 28 heavy (non-hydrogen) atoms. The van der Waals surface area contributed by atoms with Crippen LogP contribution in [-0.2, 0) is 16.0 Å². The predicted molar refractivity (Wildman–Crippen MR) is 111 cm³/mol. The van der Waals surface area contributed by atoms with E-state index < -0.39 is 5.97 Å². The smallest absolute Gasteiger partial charge is 0.338 e. The van der Waals surface area contributed by atoms with E-state index in [0.29, 0.717) is 11.5 Å². The van der Waals surface area contributed by atoms with E-state index in [9.17, 15) is 9.59 Å². The van der Waals surface area contributed by atoms with Crippen molar-refractivity contribution < 1.29 is 14.3 Å². The van der Waals surface area contributed by atoms with Gasteiger partial charge in [-0.25, -0.2) is 4.79 Å². The standard InChI is InChI=1S/C23H28N2O3/c1-24(2)21-10-6-9-20(16-21)23(27)28-17-22(26)25-13-11-19(12-14-25)15-18-7-4-3-5-8-18/h3-10,16,19H,11-15,17H2,1-2H3. The lowest BCUT2D eigenvalue weighted by molar-refractivity contribution is -0.135. The molecular formula is C23H28N2O3. The van der Waals surface area contributed by atoms with Gasteiger partial charge in [-0.15, -0.1) is 0 Å². The first-order valence-electron chi connectivity index (χ1n) is 9.79. The number of nitrogens with zero attached hydrogens (tertiary/aromatic N) is 2. The number of carbonyl (C=O) groups is 2. The van der Waals surface area contributed by atoms with Gasteiger partial charge in [0.25, 0.3) is 5.91 Å². The molecule has 1 amide bonds. The molecule has 0 aromatic heterocycles. The van der Waals surface area contributed by atoms with Crippen molar-refractivity contribution in [2.24, 2.45) is 5.92 Å². The summed E-state index contributed by atoms with van der Waals surface area (Å²) < 4.78 is 5.25. The Bertz CT molecular complexity index is 797. The van der Waals surface area contributed by atoms with Gasteiger partial charge < -0.3 is 14.5 Å². The Morgan fingerprint density at radius 3 is 2.43 bits per heavy atom. The Balaban J connectivity index is 1.44. The van der Waals surface area contributed by atoms with E-state index in [1.54, 1.807) is 12.1 Å². The van der Waals surface area contributed by atoms with Gasteiger partial charge >= 0.3 is 5.97 Å². The number of anilines is 1. The van der Waals surface area contributed by atoms with Crippen molar-refractivity contribution >= 4 is 17.6 Å². The van der Waals surface area contributed by atoms with Crippen LogP contribution in [0.15, 0.2) is 54.6 Å². The second-order valence-electron chi connectivity index (χ2n) is 7.53. The van der Waals surface area contributed by atoms with E-state index in [1.165, 1.54) is 5.56 Å². The van der Waals surface area contributed by atoms with Crippen LogP contribution in [0.25, 0.3) is 0 Å². The third-order valence-electron chi connectivity index (χ3n) is 5.26. The summed E-state index contributed by atoms with van der Waals surface area (Å²) in [7, 11) is 3.82. The molecule has 0 unspecified atom stereocenters. The number of benzene rings is 2. The molecule has 2 aromatic carbocycles. The minimum absolute atomic E-state index is 0.115. The average molecular weight is 380 g/mol. The number of hydrogen-bond donors (Lipinski definition) is 0. The highest BCUT2D eigenvalue weighted by molar-refractivity contribution is 5.92. The molecule has 148 valence electrons. The van der Waals surface area contributed by atoms with Gasteiger partial charge in [-0.3, -0.25) is 4.79 Å². The molecule has 1 heterocycles. The van der Waals surface area contributed by atoms with E-state index in [2.05, 4.69) is 24.3 Å². The molecule has 1 fully saturated rings. The molecule has 1 saturated heterocycles. The molecule has 1 aliphatic rings. The van der Waals surface area contributed by atoms with Gasteiger partial charge in [-0.1, -0.05) is 36.4 Å². The lowest BCUT2D eigenvalue weighted by atomic mass is 9.90. The van der Waals surface area contributed by atoms with E-state index in [4.69, 9.17) is 4.74 Å². The van der Waals surface area contributed by atoms with Crippen LogP contribution in [0, 0.1) is 5.92 Å². The van der Waals surface area contributed by atoms with Crippen LogP contribution >= 0.6 is 0 Å². The predicted octanol–water partition coefficient (Wildman–Crippen LogP) is 3.39. The molecule has 5 nitrogen and oxygen atoms in total. The summed E-state index contributed by atoms with van der Waals surface area (Å²) in [6.07, 6.45) is 3.03. The lowest BCUT2D eigenvalue weighted by Crippen LogP contribution is -2.41. The number of ether oxygens (including phenoxy) is 1. The minimum Gasteiger partial charge on any atom is -0.452 e. The van der Waals surface area contributed by atoms with Crippen LogP contribution in [0.5, 0.6) is 0 Å². The number of carbonyl (C=O) groups excluding carboxylic acids is 2. The maximum atomic E-state index is 12.4. The summed E-state index contributed by atoms with van der Waals surface area (Å²) >= 11 is 0. The van der Waals surface area contributed by atoms with Crippen molar-refractivity contribution in [2.75, 3.05) is 38.7 Å². The van der Waals surface area contributed by atoms with Crippen LogP contribution in [0.1, 0.15) is 28.8 Å². The average Bonchev–Trinajstić information content (AvgIpc) is 2.73. The normalized spacial score (nSPS) is 14.6. The number of amides is 1. The van der Waals surface area contributed by atoms with Crippen LogP contribution in [0.4, 0.5) is 5.69 Å². The van der Waals surface area contributed by atoms with E-state index >= 15 is 0 Å². The van der Waals surface area contributed by atoms with Crippen LogP contribution in [-0.4, -0.2) is 50.6 Å². The molecule has 0 N–H and O–H groups in total. The molecule has 0 radical (unpaired) electrons. The van der Waals surface area contributed by atoms with Gasteiger partial charge in [-0.2, -0.15) is 0 Å². The summed E-state index contributed by atoms with van der Waals surface area (Å²) in [5.41, 5.74) is 2.72. The third-order valence-corrected chi connectivity index (χ3v) is 5.26. The Hall–Kier alpha value is -2.82. The zero-order valence-corrected chi connectivity index (χ0v) is 16.6. The molecule has 2 aromatic rings. The van der Waals surface area contributed by atoms with E-state index in [-0.39, 0.29) is 12.5 Å². The highest BCUT2D eigenvalue weighted by atomic mass is 16.5. The van der Waals surface area contributed by atoms with E-state index in [1.807, 2.05) is 42.1 Å². The minimum atomic E-state index is -0.462. The summed E-state index contributed by atoms with van der Waals surface area (Å²) in [5, 5.41) is 0. The molecule has 0 atom stereocenters.